The van der Waals surface area contributed by atoms with Crippen LogP contribution in [0.3, 0.4) is 0 Å². The second-order valence-corrected chi connectivity index (χ2v) is 15.2. The first kappa shape index (κ1) is 43.0. The van der Waals surface area contributed by atoms with E-state index in [2.05, 4.69) is 98.8 Å². The van der Waals surface area contributed by atoms with Gasteiger partial charge in [0, 0.05) is 11.1 Å². The molecule has 0 aliphatic carbocycles. The minimum atomic E-state index is 1.17. The Morgan fingerprint density at radius 2 is 0.633 bits per heavy atom. The predicted molar refractivity (Wildman–Crippen MR) is 220 cm³/mol. The van der Waals surface area contributed by atoms with Crippen molar-refractivity contribution in [1.82, 2.24) is 0 Å². The van der Waals surface area contributed by atoms with Crippen LogP contribution in [-0.2, 0) is 13.1 Å². The minimum Gasteiger partial charge on any atom is -0.316 e. The molecular formula is C48H80N+. The molecule has 0 N–H and O–H groups in total. The number of quaternary nitrogens is 1. The molecular weight excluding hydrogens is 591 g/mol. The summed E-state index contributed by atoms with van der Waals surface area (Å²) in [5.41, 5.74) is 3.01. The van der Waals surface area contributed by atoms with Gasteiger partial charge < -0.3 is 4.48 Å². The Bertz CT molecular complexity index is 922. The van der Waals surface area contributed by atoms with E-state index in [1.54, 1.807) is 0 Å². The van der Waals surface area contributed by atoms with Crippen LogP contribution in [0, 0.1) is 0 Å². The minimum absolute atomic E-state index is 1.17. The van der Waals surface area contributed by atoms with Crippen molar-refractivity contribution in [1.29, 1.82) is 0 Å². The summed E-state index contributed by atoms with van der Waals surface area (Å²) in [7, 11) is 0. The highest BCUT2D eigenvalue weighted by Gasteiger charge is 2.27. The molecule has 0 heterocycles. The molecule has 0 saturated heterocycles. The van der Waals surface area contributed by atoms with Crippen molar-refractivity contribution in [3.8, 4) is 0 Å². The first-order valence-electron chi connectivity index (χ1n) is 21.5. The van der Waals surface area contributed by atoms with E-state index in [0.717, 1.165) is 0 Å². The molecule has 2 aromatic carbocycles. The van der Waals surface area contributed by atoms with E-state index in [9.17, 15) is 0 Å². The lowest BCUT2D eigenvalue weighted by atomic mass is 10.0. The van der Waals surface area contributed by atoms with Crippen LogP contribution in [0.25, 0.3) is 0 Å². The first-order valence-corrected chi connectivity index (χ1v) is 21.5. The number of hydrogen-bond acceptors (Lipinski definition) is 0. The molecule has 0 amide bonds. The van der Waals surface area contributed by atoms with E-state index >= 15 is 0 Å². The zero-order chi connectivity index (χ0) is 34.8. The molecule has 0 atom stereocenters. The lowest BCUT2D eigenvalue weighted by Crippen LogP contribution is -2.48. The molecule has 0 saturated carbocycles. The Kier molecular flexibility index (Phi) is 28.0. The number of unbranched alkanes of at least 4 members (excludes halogenated alkanes) is 22. The molecule has 49 heavy (non-hydrogen) atoms. The Morgan fingerprint density at radius 1 is 0.347 bits per heavy atom. The van der Waals surface area contributed by atoms with Gasteiger partial charge in [-0.25, -0.2) is 0 Å². The van der Waals surface area contributed by atoms with Gasteiger partial charge in [-0.3, -0.25) is 0 Å². The van der Waals surface area contributed by atoms with Crippen LogP contribution in [0.5, 0.6) is 0 Å². The van der Waals surface area contributed by atoms with Crippen molar-refractivity contribution in [2.24, 2.45) is 0 Å². The second kappa shape index (κ2) is 31.8. The van der Waals surface area contributed by atoms with E-state index in [0.29, 0.717) is 0 Å². The number of benzene rings is 2. The van der Waals surface area contributed by atoms with Crippen LogP contribution in [0.1, 0.15) is 192 Å². The summed E-state index contributed by atoms with van der Waals surface area (Å²) in [5.74, 6) is 0. The van der Waals surface area contributed by atoms with Crippen molar-refractivity contribution in [3.05, 3.63) is 96.1 Å². The Labute approximate surface area is 306 Å². The van der Waals surface area contributed by atoms with E-state index in [4.69, 9.17) is 0 Å². The molecule has 1 nitrogen and oxygen atoms in total. The third-order valence-electron chi connectivity index (χ3n) is 10.5. The molecule has 0 aliphatic heterocycles. The van der Waals surface area contributed by atoms with Crippen molar-refractivity contribution in [2.75, 3.05) is 13.1 Å². The summed E-state index contributed by atoms with van der Waals surface area (Å²) in [6.07, 6.45) is 45.4. The molecule has 0 aromatic heterocycles. The summed E-state index contributed by atoms with van der Waals surface area (Å²) < 4.78 is 1.22. The maximum absolute atomic E-state index is 2.40. The SMILES string of the molecule is CCC/C=C/CCCCCCCCCCCC[N+](CCCCCCCCCCCC/C=C/CCC)(Cc1ccccc1)Cc1ccccc1. The van der Waals surface area contributed by atoms with Gasteiger partial charge in [0.2, 0.25) is 0 Å². The summed E-state index contributed by atoms with van der Waals surface area (Å²) in [6, 6.07) is 22.8. The molecule has 0 bridgehead atoms. The van der Waals surface area contributed by atoms with Crippen LogP contribution in [0.2, 0.25) is 0 Å². The summed E-state index contributed by atoms with van der Waals surface area (Å²) in [5, 5.41) is 0. The standard InChI is InChI=1S/C48H80N/c1-3-5-7-9-11-13-15-17-19-21-23-25-27-29-37-43-49(45-47-39-33-31-34-40-47,46-48-41-35-32-36-42-48)44-38-30-28-26-24-22-20-18-16-14-12-10-8-6-4-2/h7-10,31-36,39-42H,3-6,11-30,37-38,43-46H2,1-2H3/q+1/b9-7+,10-8+. The smallest absolute Gasteiger partial charge is 0.105 e. The van der Waals surface area contributed by atoms with E-state index in [1.807, 2.05) is 0 Å². The maximum Gasteiger partial charge on any atom is 0.105 e. The quantitative estimate of drug-likeness (QED) is 0.0395. The van der Waals surface area contributed by atoms with Gasteiger partial charge in [-0.15, -0.1) is 0 Å². The fourth-order valence-electron chi connectivity index (χ4n) is 7.48. The molecule has 2 rings (SSSR count). The third-order valence-corrected chi connectivity index (χ3v) is 10.5. The van der Waals surface area contributed by atoms with Gasteiger partial charge in [0.15, 0.2) is 0 Å². The summed E-state index contributed by atoms with van der Waals surface area (Å²) >= 11 is 0. The largest absolute Gasteiger partial charge is 0.316 e. The van der Waals surface area contributed by atoms with Gasteiger partial charge >= 0.3 is 0 Å². The molecule has 0 aliphatic rings. The van der Waals surface area contributed by atoms with Crippen molar-refractivity contribution >= 4 is 0 Å². The average Bonchev–Trinajstić information content (AvgIpc) is 3.12. The highest BCUT2D eigenvalue weighted by molar-refractivity contribution is 5.15. The fraction of sp³-hybridized carbons (Fsp3) is 0.667. The lowest BCUT2D eigenvalue weighted by molar-refractivity contribution is -0.954. The molecule has 0 radical (unpaired) electrons. The zero-order valence-electron chi connectivity index (χ0n) is 32.7. The normalized spacial score (nSPS) is 12.1. The average molecular weight is 671 g/mol. The lowest BCUT2D eigenvalue weighted by Gasteiger charge is -2.39. The molecule has 0 fully saturated rings. The van der Waals surface area contributed by atoms with Crippen molar-refractivity contribution < 1.29 is 4.48 Å². The van der Waals surface area contributed by atoms with E-state index < -0.39 is 0 Å². The number of rotatable bonds is 34. The van der Waals surface area contributed by atoms with Crippen molar-refractivity contribution in [2.45, 2.75) is 194 Å². The van der Waals surface area contributed by atoms with Crippen molar-refractivity contribution in [3.63, 3.8) is 0 Å². The molecule has 0 spiro atoms. The monoisotopic (exact) mass is 671 g/mol. The topological polar surface area (TPSA) is 0 Å². The van der Waals surface area contributed by atoms with Crippen LogP contribution in [0.15, 0.2) is 85.0 Å². The summed E-state index contributed by atoms with van der Waals surface area (Å²) in [4.78, 5) is 0. The first-order chi connectivity index (χ1) is 24.3. The van der Waals surface area contributed by atoms with Gasteiger partial charge in [0.25, 0.3) is 0 Å². The van der Waals surface area contributed by atoms with Crippen LogP contribution in [0.4, 0.5) is 0 Å². The Morgan fingerprint density at radius 3 is 0.959 bits per heavy atom. The Hall–Kier alpha value is -2.12. The Balaban J connectivity index is 1.72. The van der Waals surface area contributed by atoms with Crippen LogP contribution < -0.4 is 0 Å². The van der Waals surface area contributed by atoms with Crippen LogP contribution in [-0.4, -0.2) is 17.6 Å². The molecule has 0 unspecified atom stereocenters. The zero-order valence-corrected chi connectivity index (χ0v) is 32.7. The van der Waals surface area contributed by atoms with E-state index in [1.165, 1.54) is 209 Å². The number of allylic oxidation sites excluding steroid dienone is 4. The van der Waals surface area contributed by atoms with Gasteiger partial charge in [-0.2, -0.15) is 0 Å². The van der Waals surface area contributed by atoms with Gasteiger partial charge in [0.1, 0.15) is 13.1 Å². The molecule has 2 aromatic rings. The highest BCUT2D eigenvalue weighted by Crippen LogP contribution is 2.24. The van der Waals surface area contributed by atoms with Gasteiger partial charge in [-0.1, -0.05) is 202 Å². The fourth-order valence-corrected chi connectivity index (χ4v) is 7.48. The second-order valence-electron chi connectivity index (χ2n) is 15.2. The number of hydrogen-bond donors (Lipinski definition) is 0. The predicted octanol–water partition coefficient (Wildman–Crippen LogP) is 15.5. The van der Waals surface area contributed by atoms with Gasteiger partial charge in [-0.05, 0) is 64.2 Å². The van der Waals surface area contributed by atoms with Crippen LogP contribution >= 0.6 is 0 Å². The summed E-state index contributed by atoms with van der Waals surface area (Å²) in [6.45, 7) is 9.47. The van der Waals surface area contributed by atoms with E-state index in [-0.39, 0.29) is 0 Å². The maximum atomic E-state index is 2.40. The highest BCUT2D eigenvalue weighted by atomic mass is 15.3. The molecule has 276 valence electrons. The molecule has 1 heteroatoms. The van der Waals surface area contributed by atoms with Gasteiger partial charge in [0.05, 0.1) is 13.1 Å². The number of nitrogens with zero attached hydrogens (tertiary/aromatic N) is 1. The third kappa shape index (κ3) is 24.6.